The van der Waals surface area contributed by atoms with E-state index in [1.807, 2.05) is 30.3 Å². The number of amides is 3. The van der Waals surface area contributed by atoms with Gasteiger partial charge in [0.2, 0.25) is 5.91 Å². The fourth-order valence-electron chi connectivity index (χ4n) is 5.54. The number of aromatic nitrogens is 2. The van der Waals surface area contributed by atoms with Gasteiger partial charge in [0.25, 0.3) is 5.91 Å². The van der Waals surface area contributed by atoms with E-state index < -0.39 is 29.9 Å². The predicted molar refractivity (Wildman–Crippen MR) is 175 cm³/mol. The molecule has 256 valence electrons. The van der Waals surface area contributed by atoms with Crippen LogP contribution in [0.1, 0.15) is 49.5 Å². The molecule has 1 atom stereocenters. The van der Waals surface area contributed by atoms with Gasteiger partial charge in [-0.3, -0.25) is 19.3 Å². The molecular weight excluding hydrogens is 606 g/mol. The van der Waals surface area contributed by atoms with Crippen LogP contribution in [0.25, 0.3) is 11.4 Å². The number of unbranched alkanes of at least 4 members (excludes halogenated alkanes) is 2. The zero-order valence-corrected chi connectivity index (χ0v) is 27.4. The van der Waals surface area contributed by atoms with Crippen LogP contribution in [0.2, 0.25) is 0 Å². The second-order valence-corrected chi connectivity index (χ2v) is 11.7. The number of nitrogens with one attached hydrogen (secondary N) is 1. The van der Waals surface area contributed by atoms with Gasteiger partial charge < -0.3 is 34.6 Å². The summed E-state index contributed by atoms with van der Waals surface area (Å²) >= 11 is 0. The van der Waals surface area contributed by atoms with Gasteiger partial charge in [0.15, 0.2) is 5.82 Å². The van der Waals surface area contributed by atoms with E-state index in [1.54, 1.807) is 23.0 Å². The highest BCUT2D eigenvalue weighted by molar-refractivity contribution is 5.97. The molecule has 0 aliphatic carbocycles. The number of benzene rings is 1. The number of ether oxygens (including phenoxy) is 2. The van der Waals surface area contributed by atoms with Crippen LogP contribution >= 0.6 is 0 Å². The minimum atomic E-state index is -1.09. The van der Waals surface area contributed by atoms with E-state index in [-0.39, 0.29) is 44.7 Å². The maximum atomic E-state index is 13.7. The van der Waals surface area contributed by atoms with Crippen LogP contribution in [0.3, 0.4) is 0 Å². The van der Waals surface area contributed by atoms with E-state index >= 15 is 0 Å². The van der Waals surface area contributed by atoms with Gasteiger partial charge in [0, 0.05) is 84.1 Å². The summed E-state index contributed by atoms with van der Waals surface area (Å²) in [5.74, 6) is -1.10. The van der Waals surface area contributed by atoms with E-state index in [0.717, 1.165) is 44.5 Å². The summed E-state index contributed by atoms with van der Waals surface area (Å²) in [6.45, 7) is 8.00. The summed E-state index contributed by atoms with van der Waals surface area (Å²) in [4.78, 5) is 68.2. The Labute approximate surface area is 276 Å². The molecule has 3 amide bonds. The van der Waals surface area contributed by atoms with E-state index in [1.165, 1.54) is 0 Å². The first-order valence-electron chi connectivity index (χ1n) is 16.4. The Balaban J connectivity index is 1.47. The Kier molecular flexibility index (Phi) is 13.7. The molecule has 3 heterocycles. The van der Waals surface area contributed by atoms with Gasteiger partial charge in [-0.2, -0.15) is 0 Å². The fourth-order valence-corrected chi connectivity index (χ4v) is 5.54. The number of carbonyl (C=O) groups excluding carboxylic acids is 3. The molecular formula is C33H47N7O7. The van der Waals surface area contributed by atoms with Gasteiger partial charge in [-0.1, -0.05) is 50.1 Å². The van der Waals surface area contributed by atoms with Crippen LogP contribution in [-0.4, -0.2) is 139 Å². The molecule has 2 aliphatic rings. The molecule has 4 rings (SSSR count). The molecule has 0 bridgehead atoms. The number of anilines is 1. The van der Waals surface area contributed by atoms with Crippen molar-refractivity contribution in [2.45, 2.75) is 45.1 Å². The summed E-state index contributed by atoms with van der Waals surface area (Å²) in [5, 5.41) is 12.2. The van der Waals surface area contributed by atoms with Crippen molar-refractivity contribution in [3.05, 3.63) is 42.1 Å². The average Bonchev–Trinajstić information content (AvgIpc) is 3.11. The monoisotopic (exact) mass is 653 g/mol. The van der Waals surface area contributed by atoms with Crippen molar-refractivity contribution in [1.29, 1.82) is 0 Å². The van der Waals surface area contributed by atoms with E-state index in [2.05, 4.69) is 27.0 Å². The molecule has 1 aromatic heterocycles. The van der Waals surface area contributed by atoms with Crippen LogP contribution < -0.4 is 10.2 Å². The number of nitrogens with zero attached hydrogens (tertiary/aromatic N) is 6. The molecule has 2 saturated heterocycles. The third kappa shape index (κ3) is 10.6. The SMILES string of the molecule is CCCCCOC(=O)N1CCN(C(=O)[C@H](CCC(=O)O)NC(=O)c2cc(N3CCN(CCOC)CC3)nc(-c3ccccc3)n2)CC1. The zero-order valence-electron chi connectivity index (χ0n) is 27.4. The highest BCUT2D eigenvalue weighted by Crippen LogP contribution is 2.22. The van der Waals surface area contributed by atoms with Gasteiger partial charge in [-0.25, -0.2) is 14.8 Å². The molecule has 14 nitrogen and oxygen atoms in total. The highest BCUT2D eigenvalue weighted by Gasteiger charge is 2.32. The van der Waals surface area contributed by atoms with Crippen LogP contribution in [0.15, 0.2) is 36.4 Å². The van der Waals surface area contributed by atoms with Gasteiger partial charge in [0.1, 0.15) is 17.6 Å². The largest absolute Gasteiger partial charge is 0.481 e. The fraction of sp³-hybridized carbons (Fsp3) is 0.576. The molecule has 14 heteroatoms. The minimum absolute atomic E-state index is 0.0828. The lowest BCUT2D eigenvalue weighted by atomic mass is 10.1. The smallest absolute Gasteiger partial charge is 0.409 e. The second kappa shape index (κ2) is 18.1. The number of carbonyl (C=O) groups is 4. The van der Waals surface area contributed by atoms with Crippen LogP contribution in [0, 0.1) is 0 Å². The number of hydrogen-bond donors (Lipinski definition) is 2. The second-order valence-electron chi connectivity index (χ2n) is 11.7. The molecule has 47 heavy (non-hydrogen) atoms. The summed E-state index contributed by atoms with van der Waals surface area (Å²) in [6, 6.07) is 9.88. The Morgan fingerprint density at radius 1 is 0.915 bits per heavy atom. The van der Waals surface area contributed by atoms with Crippen molar-refractivity contribution in [2.75, 3.05) is 84.1 Å². The lowest BCUT2D eigenvalue weighted by Crippen LogP contribution is -2.56. The number of carboxylic acid groups (broad SMARTS) is 1. The van der Waals surface area contributed by atoms with Gasteiger partial charge >= 0.3 is 12.1 Å². The third-order valence-corrected chi connectivity index (χ3v) is 8.36. The minimum Gasteiger partial charge on any atom is -0.481 e. The van der Waals surface area contributed by atoms with Crippen LogP contribution in [0.5, 0.6) is 0 Å². The molecule has 0 spiro atoms. The van der Waals surface area contributed by atoms with E-state index in [9.17, 15) is 24.3 Å². The Bertz CT molecular complexity index is 1330. The first-order valence-corrected chi connectivity index (χ1v) is 16.4. The van der Waals surface area contributed by atoms with Crippen molar-refractivity contribution < 1.29 is 33.8 Å². The van der Waals surface area contributed by atoms with E-state index in [4.69, 9.17) is 14.5 Å². The molecule has 0 unspecified atom stereocenters. The summed E-state index contributed by atoms with van der Waals surface area (Å²) in [7, 11) is 1.68. The summed E-state index contributed by atoms with van der Waals surface area (Å²) in [6.07, 6.45) is 2.00. The summed E-state index contributed by atoms with van der Waals surface area (Å²) in [5.41, 5.74) is 0.821. The maximum Gasteiger partial charge on any atom is 0.409 e. The molecule has 2 fully saturated rings. The molecule has 0 saturated carbocycles. The van der Waals surface area contributed by atoms with Gasteiger partial charge in [0.05, 0.1) is 13.2 Å². The Morgan fingerprint density at radius 3 is 2.28 bits per heavy atom. The van der Waals surface area contributed by atoms with Crippen molar-refractivity contribution >= 4 is 29.7 Å². The highest BCUT2D eigenvalue weighted by atomic mass is 16.6. The molecule has 2 N–H and O–H groups in total. The van der Waals surface area contributed by atoms with Crippen molar-refractivity contribution in [3.8, 4) is 11.4 Å². The van der Waals surface area contributed by atoms with Gasteiger partial charge in [-0.05, 0) is 12.8 Å². The normalized spacial score (nSPS) is 16.1. The number of aliphatic carboxylic acids is 1. The zero-order chi connectivity index (χ0) is 33.6. The topological polar surface area (TPSA) is 158 Å². The predicted octanol–water partition coefficient (Wildman–Crippen LogP) is 2.35. The van der Waals surface area contributed by atoms with Crippen LogP contribution in [-0.2, 0) is 19.1 Å². The lowest BCUT2D eigenvalue weighted by Gasteiger charge is -2.36. The Hall–Kier alpha value is -4.30. The number of carboxylic acids is 1. The lowest BCUT2D eigenvalue weighted by molar-refractivity contribution is -0.138. The number of piperazine rings is 2. The number of hydrogen-bond acceptors (Lipinski definition) is 10. The van der Waals surface area contributed by atoms with Crippen LogP contribution in [0.4, 0.5) is 10.6 Å². The maximum absolute atomic E-state index is 13.7. The summed E-state index contributed by atoms with van der Waals surface area (Å²) < 4.78 is 10.6. The molecule has 0 radical (unpaired) electrons. The molecule has 2 aliphatic heterocycles. The van der Waals surface area contributed by atoms with Gasteiger partial charge in [-0.15, -0.1) is 0 Å². The molecule has 2 aromatic rings. The standard InChI is InChI=1S/C33H47N7O7/c1-3-4-8-22-47-33(45)40-19-17-39(18-20-40)32(44)26(11-12-29(41)42)35-31(43)27-24-28(36-30(34-27)25-9-6-5-7-10-25)38-15-13-37(14-16-38)21-23-46-2/h5-7,9-10,24,26H,3-4,8,11-23H2,1-2H3,(H,35,43)(H,41,42)/t26-/m0/s1. The first kappa shape index (κ1) is 35.6. The average molecular weight is 654 g/mol. The third-order valence-electron chi connectivity index (χ3n) is 8.36. The first-order chi connectivity index (χ1) is 22.8. The van der Waals surface area contributed by atoms with Crippen molar-refractivity contribution in [1.82, 2.24) is 30.0 Å². The number of methoxy groups -OCH3 is 1. The van der Waals surface area contributed by atoms with Crippen molar-refractivity contribution in [2.24, 2.45) is 0 Å². The quantitative estimate of drug-likeness (QED) is 0.272. The van der Waals surface area contributed by atoms with E-state index in [0.29, 0.717) is 37.9 Å². The van der Waals surface area contributed by atoms with Crippen molar-refractivity contribution in [3.63, 3.8) is 0 Å². The number of rotatable bonds is 15. The Morgan fingerprint density at radius 2 is 1.62 bits per heavy atom. The molecule has 1 aromatic carbocycles.